The first kappa shape index (κ1) is 16.6. The Hall–Kier alpha value is -3.53. The summed E-state index contributed by atoms with van der Waals surface area (Å²) in [5.74, 6) is 1.18. The van der Waals surface area contributed by atoms with E-state index in [0.29, 0.717) is 23.9 Å². The highest BCUT2D eigenvalue weighted by atomic mass is 32.1. The predicted octanol–water partition coefficient (Wildman–Crippen LogP) is 2.58. The van der Waals surface area contributed by atoms with Gasteiger partial charge in [0.15, 0.2) is 0 Å². The molecule has 0 spiro atoms. The topological polar surface area (TPSA) is 111 Å². The number of hydrogen-bond acceptors (Lipinski definition) is 8. The van der Waals surface area contributed by atoms with Gasteiger partial charge in [0.25, 0.3) is 5.56 Å². The Kier molecular flexibility index (Phi) is 3.90. The van der Waals surface area contributed by atoms with Gasteiger partial charge in [0.2, 0.25) is 5.95 Å². The van der Waals surface area contributed by atoms with Crippen molar-refractivity contribution in [3.63, 3.8) is 0 Å². The average Bonchev–Trinajstić information content (AvgIpc) is 3.40. The summed E-state index contributed by atoms with van der Waals surface area (Å²) in [4.78, 5) is 13.5. The quantitative estimate of drug-likeness (QED) is 0.483. The molecule has 28 heavy (non-hydrogen) atoms. The summed E-state index contributed by atoms with van der Waals surface area (Å²) in [6, 6.07) is 11.2. The normalized spacial score (nSPS) is 14.8. The van der Waals surface area contributed by atoms with E-state index in [2.05, 4.69) is 31.0 Å². The monoisotopic (exact) mass is 393 g/mol. The molecule has 5 rings (SSSR count). The molecule has 0 unspecified atom stereocenters. The molecule has 0 fully saturated rings. The molecule has 1 atom stereocenters. The van der Waals surface area contributed by atoms with Crippen molar-refractivity contribution in [1.82, 2.24) is 30.4 Å². The summed E-state index contributed by atoms with van der Waals surface area (Å²) in [5.41, 5.74) is 2.43. The Morgan fingerprint density at radius 3 is 2.86 bits per heavy atom. The van der Waals surface area contributed by atoms with Gasteiger partial charge in [-0.3, -0.25) is 4.79 Å². The van der Waals surface area contributed by atoms with Gasteiger partial charge in [-0.2, -0.15) is 9.78 Å². The number of aromatic amines is 1. The van der Waals surface area contributed by atoms with Crippen LogP contribution in [0.15, 0.2) is 46.6 Å². The largest absolute Gasteiger partial charge is 0.494 e. The van der Waals surface area contributed by atoms with Gasteiger partial charge in [-0.15, -0.1) is 11.3 Å². The molecule has 2 N–H and O–H groups in total. The number of benzene rings is 1. The minimum atomic E-state index is -0.399. The van der Waals surface area contributed by atoms with Crippen molar-refractivity contribution in [2.45, 2.75) is 13.0 Å². The van der Waals surface area contributed by atoms with Crippen LogP contribution in [0.4, 0.5) is 11.6 Å². The number of ether oxygens (including phenoxy) is 1. The first-order valence-corrected chi connectivity index (χ1v) is 9.58. The summed E-state index contributed by atoms with van der Waals surface area (Å²) in [6.45, 7) is 2.53. The minimum absolute atomic E-state index is 0.319. The second-order valence-electron chi connectivity index (χ2n) is 6.14. The number of rotatable bonds is 4. The lowest BCUT2D eigenvalue weighted by Gasteiger charge is -2.27. The van der Waals surface area contributed by atoms with Crippen molar-refractivity contribution < 1.29 is 4.74 Å². The smallest absolute Gasteiger partial charge is 0.288 e. The van der Waals surface area contributed by atoms with Crippen LogP contribution in [0.3, 0.4) is 0 Å². The molecule has 0 bridgehead atoms. The van der Waals surface area contributed by atoms with E-state index in [1.54, 1.807) is 16.0 Å². The standard InChI is InChI=1S/C18H15N7O2S/c1-2-27-11-7-5-10(6-8-11)16-13-14(12-4-3-9-28-12)20-21-17(26)15(13)19-18-22-23-24-25(16)18/h3-9,16H,2H2,1H3,(H,21,26)(H,19,22,24)/t16-/m0/s1. The molecule has 9 nitrogen and oxygen atoms in total. The maximum Gasteiger partial charge on any atom is 0.288 e. The van der Waals surface area contributed by atoms with E-state index in [9.17, 15) is 4.79 Å². The molecule has 1 aliphatic rings. The number of aromatic nitrogens is 6. The van der Waals surface area contributed by atoms with Crippen molar-refractivity contribution in [3.8, 4) is 16.3 Å². The fourth-order valence-electron chi connectivity index (χ4n) is 3.36. The van der Waals surface area contributed by atoms with E-state index >= 15 is 0 Å². The third-order valence-electron chi connectivity index (χ3n) is 4.53. The van der Waals surface area contributed by atoms with Crippen molar-refractivity contribution in [1.29, 1.82) is 0 Å². The lowest BCUT2D eigenvalue weighted by molar-refractivity contribution is 0.340. The molecule has 1 aromatic carbocycles. The number of anilines is 2. The minimum Gasteiger partial charge on any atom is -0.494 e. The van der Waals surface area contributed by atoms with Gasteiger partial charge < -0.3 is 10.1 Å². The van der Waals surface area contributed by atoms with E-state index in [0.717, 1.165) is 21.8 Å². The van der Waals surface area contributed by atoms with Gasteiger partial charge in [-0.1, -0.05) is 23.3 Å². The summed E-state index contributed by atoms with van der Waals surface area (Å²) in [6.07, 6.45) is 0. The Morgan fingerprint density at radius 2 is 2.11 bits per heavy atom. The second-order valence-corrected chi connectivity index (χ2v) is 7.09. The number of nitrogens with one attached hydrogen (secondary N) is 2. The van der Waals surface area contributed by atoms with Crippen LogP contribution in [0.1, 0.15) is 24.1 Å². The maximum absolute atomic E-state index is 12.6. The van der Waals surface area contributed by atoms with Crippen LogP contribution >= 0.6 is 11.3 Å². The molecule has 4 heterocycles. The van der Waals surface area contributed by atoms with Crippen LogP contribution in [-0.2, 0) is 0 Å². The van der Waals surface area contributed by atoms with E-state index in [1.165, 1.54) is 0 Å². The van der Waals surface area contributed by atoms with Crippen molar-refractivity contribution in [2.75, 3.05) is 11.9 Å². The van der Waals surface area contributed by atoms with Gasteiger partial charge in [-0.25, -0.2) is 5.10 Å². The Balaban J connectivity index is 1.75. The highest BCUT2D eigenvalue weighted by Gasteiger charge is 2.34. The summed E-state index contributed by atoms with van der Waals surface area (Å²) < 4.78 is 7.21. The maximum atomic E-state index is 12.6. The van der Waals surface area contributed by atoms with Crippen LogP contribution in [0.5, 0.6) is 5.75 Å². The Morgan fingerprint density at radius 1 is 1.25 bits per heavy atom. The van der Waals surface area contributed by atoms with Gasteiger partial charge in [0.1, 0.15) is 23.2 Å². The fraction of sp³-hybridized carbons (Fsp3) is 0.167. The number of H-pyrrole nitrogens is 1. The highest BCUT2D eigenvalue weighted by molar-refractivity contribution is 7.13. The SMILES string of the molecule is CCOc1ccc([C@H]2c3c(-c4cccs4)n[nH]c(=O)c3Nc3nnnn32)cc1. The summed E-state index contributed by atoms with van der Waals surface area (Å²) >= 11 is 1.55. The zero-order chi connectivity index (χ0) is 19.1. The highest BCUT2D eigenvalue weighted by Crippen LogP contribution is 2.42. The summed E-state index contributed by atoms with van der Waals surface area (Å²) in [7, 11) is 0. The molecule has 4 aromatic rings. The number of thiophene rings is 1. The average molecular weight is 393 g/mol. The van der Waals surface area contributed by atoms with Gasteiger partial charge in [-0.05, 0) is 46.5 Å². The van der Waals surface area contributed by atoms with E-state index < -0.39 is 6.04 Å². The van der Waals surface area contributed by atoms with E-state index in [1.807, 2.05) is 48.7 Å². The lowest BCUT2D eigenvalue weighted by Crippen LogP contribution is -2.29. The number of tetrazole rings is 1. The van der Waals surface area contributed by atoms with Crippen LogP contribution in [-0.4, -0.2) is 37.0 Å². The molecular formula is C18H15N7O2S. The summed E-state index contributed by atoms with van der Waals surface area (Å²) in [5, 5.41) is 23.9. The molecule has 0 radical (unpaired) electrons. The molecular weight excluding hydrogens is 378 g/mol. The molecule has 140 valence electrons. The molecule has 0 amide bonds. The predicted molar refractivity (Wildman–Crippen MR) is 104 cm³/mol. The van der Waals surface area contributed by atoms with Gasteiger partial charge in [0.05, 0.1) is 11.5 Å². The second kappa shape index (κ2) is 6.57. The molecule has 1 aliphatic heterocycles. The van der Waals surface area contributed by atoms with E-state index in [4.69, 9.17) is 4.74 Å². The molecule has 3 aromatic heterocycles. The van der Waals surface area contributed by atoms with Crippen molar-refractivity contribution in [3.05, 3.63) is 63.3 Å². The first-order valence-electron chi connectivity index (χ1n) is 8.70. The number of nitrogens with zero attached hydrogens (tertiary/aromatic N) is 5. The number of fused-ring (bicyclic) bond motifs is 2. The number of hydrogen-bond donors (Lipinski definition) is 2. The van der Waals surface area contributed by atoms with Crippen LogP contribution in [0, 0.1) is 0 Å². The van der Waals surface area contributed by atoms with Gasteiger partial charge >= 0.3 is 0 Å². The zero-order valence-corrected chi connectivity index (χ0v) is 15.6. The van der Waals surface area contributed by atoms with Crippen molar-refractivity contribution in [2.24, 2.45) is 0 Å². The van der Waals surface area contributed by atoms with Crippen LogP contribution in [0.2, 0.25) is 0 Å². The zero-order valence-electron chi connectivity index (χ0n) is 14.8. The molecule has 0 saturated heterocycles. The van der Waals surface area contributed by atoms with Crippen LogP contribution in [0.25, 0.3) is 10.6 Å². The lowest BCUT2D eigenvalue weighted by atomic mass is 9.94. The third-order valence-corrected chi connectivity index (χ3v) is 5.41. The molecule has 10 heteroatoms. The molecule has 0 aliphatic carbocycles. The molecule has 0 saturated carbocycles. The first-order chi connectivity index (χ1) is 13.8. The third kappa shape index (κ3) is 2.57. The van der Waals surface area contributed by atoms with Gasteiger partial charge in [0, 0.05) is 5.56 Å². The van der Waals surface area contributed by atoms with Crippen molar-refractivity contribution >= 4 is 23.0 Å². The van der Waals surface area contributed by atoms with E-state index in [-0.39, 0.29) is 5.56 Å². The Bertz CT molecular complexity index is 1180. The fourth-order valence-corrected chi connectivity index (χ4v) is 4.09. The Labute approximate surface area is 163 Å². The van der Waals surface area contributed by atoms with Crippen LogP contribution < -0.4 is 15.6 Å².